The summed E-state index contributed by atoms with van der Waals surface area (Å²) in [5.74, 6) is 0.525. The zero-order valence-electron chi connectivity index (χ0n) is 17.8. The molecule has 164 valence electrons. The minimum absolute atomic E-state index is 0.110. The largest absolute Gasteiger partial charge is 0.381 e. The molecule has 31 heavy (non-hydrogen) atoms. The maximum atomic E-state index is 13.9. The molecule has 3 heterocycles. The maximum absolute atomic E-state index is 13.9. The fourth-order valence-corrected chi connectivity index (χ4v) is 4.19. The standard InChI is InChI=1S/C23H28FN5O2/c1-16(2)20(21-28-27-19-8-3-4-11-29(19)21)26-22(30)25-15-23(9-12-31-13-10-23)17-6-5-7-18(24)14-17/h3-8,11,14,16,20H,9-10,12-13,15H2,1-2H3,(H2,25,26,30). The Morgan fingerprint density at radius 1 is 1.19 bits per heavy atom. The van der Waals surface area contributed by atoms with Gasteiger partial charge in [0.15, 0.2) is 11.5 Å². The third kappa shape index (κ3) is 4.54. The number of fused-ring (bicyclic) bond motifs is 1. The van der Waals surface area contributed by atoms with Gasteiger partial charge in [0.1, 0.15) is 5.82 Å². The normalized spacial score (nSPS) is 16.9. The zero-order chi connectivity index (χ0) is 21.8. The predicted molar refractivity (Wildman–Crippen MR) is 115 cm³/mol. The quantitative estimate of drug-likeness (QED) is 0.632. The van der Waals surface area contributed by atoms with E-state index in [9.17, 15) is 9.18 Å². The van der Waals surface area contributed by atoms with Gasteiger partial charge >= 0.3 is 6.03 Å². The molecule has 1 atom stereocenters. The number of nitrogens with zero attached hydrogens (tertiary/aromatic N) is 3. The van der Waals surface area contributed by atoms with Crippen LogP contribution in [0.25, 0.3) is 5.65 Å². The smallest absolute Gasteiger partial charge is 0.315 e. The molecule has 3 aromatic rings. The van der Waals surface area contributed by atoms with Crippen molar-refractivity contribution in [2.75, 3.05) is 19.8 Å². The number of halogens is 1. The van der Waals surface area contributed by atoms with Gasteiger partial charge < -0.3 is 15.4 Å². The fourth-order valence-electron chi connectivity index (χ4n) is 4.19. The number of urea groups is 1. The molecule has 2 N–H and O–H groups in total. The highest BCUT2D eigenvalue weighted by Crippen LogP contribution is 2.34. The number of ether oxygens (including phenoxy) is 1. The predicted octanol–water partition coefficient (Wildman–Crippen LogP) is 3.61. The van der Waals surface area contributed by atoms with E-state index >= 15 is 0 Å². The molecule has 2 aromatic heterocycles. The Morgan fingerprint density at radius 3 is 2.74 bits per heavy atom. The van der Waals surface area contributed by atoms with Crippen molar-refractivity contribution in [1.29, 1.82) is 0 Å². The number of nitrogens with one attached hydrogen (secondary N) is 2. The van der Waals surface area contributed by atoms with Crippen molar-refractivity contribution in [3.8, 4) is 0 Å². The first-order valence-electron chi connectivity index (χ1n) is 10.7. The van der Waals surface area contributed by atoms with E-state index < -0.39 is 0 Å². The molecule has 1 saturated heterocycles. The van der Waals surface area contributed by atoms with Crippen molar-refractivity contribution in [1.82, 2.24) is 25.2 Å². The van der Waals surface area contributed by atoms with Crippen molar-refractivity contribution in [2.24, 2.45) is 5.92 Å². The highest BCUT2D eigenvalue weighted by molar-refractivity contribution is 5.74. The maximum Gasteiger partial charge on any atom is 0.315 e. The molecular weight excluding hydrogens is 397 g/mol. The van der Waals surface area contributed by atoms with Gasteiger partial charge in [-0.05, 0) is 48.6 Å². The minimum Gasteiger partial charge on any atom is -0.381 e. The SMILES string of the molecule is CC(C)C(NC(=O)NCC1(c2cccc(F)c2)CCOCC1)c1nnc2ccccn12. The van der Waals surface area contributed by atoms with Gasteiger partial charge in [-0.3, -0.25) is 4.40 Å². The van der Waals surface area contributed by atoms with E-state index in [0.717, 1.165) is 24.1 Å². The lowest BCUT2D eigenvalue weighted by Crippen LogP contribution is -2.48. The van der Waals surface area contributed by atoms with Crippen LogP contribution in [0.4, 0.5) is 9.18 Å². The third-order valence-electron chi connectivity index (χ3n) is 6.05. The van der Waals surface area contributed by atoms with E-state index in [1.54, 1.807) is 12.1 Å². The highest BCUT2D eigenvalue weighted by atomic mass is 19.1. The average Bonchev–Trinajstić information content (AvgIpc) is 3.20. The van der Waals surface area contributed by atoms with Crippen molar-refractivity contribution in [3.05, 3.63) is 65.9 Å². The summed E-state index contributed by atoms with van der Waals surface area (Å²) < 4.78 is 21.3. The number of hydrogen-bond acceptors (Lipinski definition) is 4. The Balaban J connectivity index is 1.49. The first kappa shape index (κ1) is 21.2. The van der Waals surface area contributed by atoms with Gasteiger partial charge in [0.05, 0.1) is 6.04 Å². The first-order valence-corrected chi connectivity index (χ1v) is 10.7. The minimum atomic E-state index is -0.355. The number of carbonyl (C=O) groups excluding carboxylic acids is 1. The third-order valence-corrected chi connectivity index (χ3v) is 6.05. The molecule has 0 aliphatic carbocycles. The molecule has 0 spiro atoms. The molecule has 1 unspecified atom stereocenters. The molecule has 1 aliphatic rings. The monoisotopic (exact) mass is 425 g/mol. The Bertz CT molecular complexity index is 1050. The van der Waals surface area contributed by atoms with Gasteiger partial charge in [-0.15, -0.1) is 10.2 Å². The second kappa shape index (κ2) is 9.01. The van der Waals surface area contributed by atoms with E-state index in [4.69, 9.17) is 4.74 Å². The number of carbonyl (C=O) groups is 1. The molecule has 0 radical (unpaired) electrons. The number of rotatable bonds is 6. The second-order valence-corrected chi connectivity index (χ2v) is 8.44. The first-order chi connectivity index (χ1) is 15.0. The Kier molecular flexibility index (Phi) is 6.18. The molecule has 0 bridgehead atoms. The summed E-state index contributed by atoms with van der Waals surface area (Å²) in [6.07, 6.45) is 3.33. The molecule has 0 saturated carbocycles. The van der Waals surface area contributed by atoms with Crippen LogP contribution in [0.2, 0.25) is 0 Å². The average molecular weight is 426 g/mol. The van der Waals surface area contributed by atoms with Crippen LogP contribution in [0, 0.1) is 11.7 Å². The summed E-state index contributed by atoms with van der Waals surface area (Å²) >= 11 is 0. The molecule has 7 nitrogen and oxygen atoms in total. The summed E-state index contributed by atoms with van der Waals surface area (Å²) in [5, 5.41) is 14.6. The van der Waals surface area contributed by atoms with Gasteiger partial charge in [0.2, 0.25) is 0 Å². The number of hydrogen-bond donors (Lipinski definition) is 2. The Hall–Kier alpha value is -3.00. The van der Waals surface area contributed by atoms with Gasteiger partial charge in [-0.25, -0.2) is 9.18 Å². The number of amides is 2. The van der Waals surface area contributed by atoms with Gasteiger partial charge in [0.25, 0.3) is 0 Å². The molecule has 1 aromatic carbocycles. The van der Waals surface area contributed by atoms with Gasteiger partial charge in [0, 0.05) is 31.4 Å². The fraction of sp³-hybridized carbons (Fsp3) is 0.435. The summed E-state index contributed by atoms with van der Waals surface area (Å²) in [4.78, 5) is 12.9. The van der Waals surface area contributed by atoms with Crippen LogP contribution < -0.4 is 10.6 Å². The van der Waals surface area contributed by atoms with Crippen LogP contribution in [0.3, 0.4) is 0 Å². The molecular formula is C23H28FN5O2. The van der Waals surface area contributed by atoms with Crippen molar-refractivity contribution in [2.45, 2.75) is 38.1 Å². The molecule has 1 fully saturated rings. The van der Waals surface area contributed by atoms with Gasteiger partial charge in [-0.2, -0.15) is 0 Å². The van der Waals surface area contributed by atoms with E-state index in [2.05, 4.69) is 20.8 Å². The van der Waals surface area contributed by atoms with E-state index in [1.165, 1.54) is 6.07 Å². The summed E-state index contributed by atoms with van der Waals surface area (Å²) in [6.45, 7) is 5.63. The molecule has 4 rings (SSSR count). The Labute approximate surface area is 181 Å². The number of pyridine rings is 1. The van der Waals surface area contributed by atoms with E-state index in [1.807, 2.05) is 48.7 Å². The van der Waals surface area contributed by atoms with Crippen molar-refractivity contribution >= 4 is 11.7 Å². The topological polar surface area (TPSA) is 80.5 Å². The summed E-state index contributed by atoms with van der Waals surface area (Å²) in [6, 6.07) is 11.7. The number of benzene rings is 1. The lowest BCUT2D eigenvalue weighted by molar-refractivity contribution is 0.0505. The van der Waals surface area contributed by atoms with Crippen LogP contribution in [0.1, 0.15) is 44.1 Å². The van der Waals surface area contributed by atoms with Crippen LogP contribution in [-0.4, -0.2) is 40.4 Å². The highest BCUT2D eigenvalue weighted by Gasteiger charge is 2.35. The van der Waals surface area contributed by atoms with Crippen LogP contribution in [-0.2, 0) is 10.2 Å². The molecule has 2 amide bonds. The second-order valence-electron chi connectivity index (χ2n) is 8.44. The van der Waals surface area contributed by atoms with Crippen molar-refractivity contribution < 1.29 is 13.9 Å². The lowest BCUT2D eigenvalue weighted by Gasteiger charge is -2.38. The molecule has 1 aliphatic heterocycles. The van der Waals surface area contributed by atoms with Crippen LogP contribution in [0.15, 0.2) is 48.7 Å². The number of aromatic nitrogens is 3. The zero-order valence-corrected chi connectivity index (χ0v) is 17.8. The summed E-state index contributed by atoms with van der Waals surface area (Å²) in [7, 11) is 0. The van der Waals surface area contributed by atoms with Crippen LogP contribution in [0.5, 0.6) is 0 Å². The van der Waals surface area contributed by atoms with E-state index in [0.29, 0.717) is 25.6 Å². The van der Waals surface area contributed by atoms with Crippen LogP contribution >= 0.6 is 0 Å². The van der Waals surface area contributed by atoms with Gasteiger partial charge in [-0.1, -0.05) is 32.0 Å². The molecule has 8 heteroatoms. The van der Waals surface area contributed by atoms with E-state index in [-0.39, 0.29) is 29.2 Å². The van der Waals surface area contributed by atoms with Crippen molar-refractivity contribution in [3.63, 3.8) is 0 Å². The lowest BCUT2D eigenvalue weighted by atomic mass is 9.74. The Morgan fingerprint density at radius 2 is 2.00 bits per heavy atom. The summed E-state index contributed by atoms with van der Waals surface area (Å²) in [5.41, 5.74) is 1.27.